The first-order valence-corrected chi connectivity index (χ1v) is 8.42. The van der Waals surface area contributed by atoms with Crippen LogP contribution in [0.3, 0.4) is 0 Å². The van der Waals surface area contributed by atoms with E-state index in [-0.39, 0.29) is 28.7 Å². The molecule has 27 heavy (non-hydrogen) atoms. The number of phenols is 1. The van der Waals surface area contributed by atoms with Gasteiger partial charge in [0.2, 0.25) is 0 Å². The molecule has 0 spiro atoms. The Balaban J connectivity index is 1.65. The van der Waals surface area contributed by atoms with Gasteiger partial charge in [0.25, 0.3) is 11.8 Å². The molecular formula is C19H18F2N2O4. The van der Waals surface area contributed by atoms with Crippen molar-refractivity contribution in [1.82, 2.24) is 5.32 Å². The van der Waals surface area contributed by atoms with Crippen LogP contribution in [0.25, 0.3) is 0 Å². The molecule has 1 atom stereocenters. The Morgan fingerprint density at radius 1 is 1.11 bits per heavy atom. The highest BCUT2D eigenvalue weighted by molar-refractivity contribution is 6.05. The van der Waals surface area contributed by atoms with Crippen molar-refractivity contribution in [2.75, 3.05) is 18.5 Å². The summed E-state index contributed by atoms with van der Waals surface area (Å²) in [5.41, 5.74) is 0.0195. The predicted octanol–water partition coefficient (Wildman–Crippen LogP) is 2.83. The largest absolute Gasteiger partial charge is 0.507 e. The number of carbonyl (C=O) groups is 2. The molecule has 0 aromatic heterocycles. The number of benzene rings is 2. The van der Waals surface area contributed by atoms with E-state index in [0.717, 1.165) is 25.0 Å². The molecule has 2 aromatic carbocycles. The fourth-order valence-electron chi connectivity index (χ4n) is 2.80. The van der Waals surface area contributed by atoms with Gasteiger partial charge in [0.1, 0.15) is 17.4 Å². The van der Waals surface area contributed by atoms with E-state index in [1.54, 1.807) is 0 Å². The molecule has 1 aliphatic rings. The molecule has 1 aliphatic heterocycles. The maximum absolute atomic E-state index is 13.2. The summed E-state index contributed by atoms with van der Waals surface area (Å²) in [6.45, 7) is 1.03. The lowest BCUT2D eigenvalue weighted by Gasteiger charge is -2.12. The number of nitrogens with one attached hydrogen (secondary N) is 2. The molecule has 142 valence electrons. The zero-order chi connectivity index (χ0) is 19.4. The van der Waals surface area contributed by atoms with Crippen molar-refractivity contribution in [3.05, 3.63) is 59.2 Å². The molecule has 8 heteroatoms. The zero-order valence-electron chi connectivity index (χ0n) is 14.3. The van der Waals surface area contributed by atoms with Crippen LogP contribution in [0.1, 0.15) is 33.6 Å². The molecule has 0 saturated carbocycles. The molecule has 6 nitrogen and oxygen atoms in total. The van der Waals surface area contributed by atoms with Crippen LogP contribution < -0.4 is 10.6 Å². The van der Waals surface area contributed by atoms with Gasteiger partial charge in [0.15, 0.2) is 0 Å². The second-order valence-electron chi connectivity index (χ2n) is 6.19. The first-order chi connectivity index (χ1) is 12.9. The second-order valence-corrected chi connectivity index (χ2v) is 6.19. The maximum Gasteiger partial charge on any atom is 0.255 e. The minimum absolute atomic E-state index is 0.0266. The van der Waals surface area contributed by atoms with Crippen LogP contribution in [0.15, 0.2) is 36.4 Å². The number of anilines is 1. The Kier molecular flexibility index (Phi) is 5.66. The Labute approximate surface area is 154 Å². The molecular weight excluding hydrogens is 358 g/mol. The minimum atomic E-state index is -0.874. The van der Waals surface area contributed by atoms with Crippen molar-refractivity contribution in [3.63, 3.8) is 0 Å². The van der Waals surface area contributed by atoms with Crippen molar-refractivity contribution >= 4 is 17.5 Å². The van der Waals surface area contributed by atoms with Crippen molar-refractivity contribution in [2.45, 2.75) is 18.9 Å². The number of rotatable bonds is 5. The summed E-state index contributed by atoms with van der Waals surface area (Å²) in [5, 5.41) is 15.2. The maximum atomic E-state index is 13.2. The van der Waals surface area contributed by atoms with Gasteiger partial charge in [-0.15, -0.1) is 0 Å². The lowest BCUT2D eigenvalue weighted by molar-refractivity contribution is 0.0855. The number of carbonyl (C=O) groups excluding carboxylic acids is 2. The lowest BCUT2D eigenvalue weighted by Crippen LogP contribution is -2.31. The molecule has 1 saturated heterocycles. The van der Waals surface area contributed by atoms with Crippen molar-refractivity contribution in [1.29, 1.82) is 0 Å². The number of hydrogen-bond acceptors (Lipinski definition) is 4. The highest BCUT2D eigenvalue weighted by Gasteiger charge is 2.18. The summed E-state index contributed by atoms with van der Waals surface area (Å²) in [7, 11) is 0. The van der Waals surface area contributed by atoms with Crippen LogP contribution in [0.4, 0.5) is 14.5 Å². The van der Waals surface area contributed by atoms with Crippen molar-refractivity contribution in [3.8, 4) is 5.75 Å². The van der Waals surface area contributed by atoms with E-state index >= 15 is 0 Å². The molecule has 0 bridgehead atoms. The highest BCUT2D eigenvalue weighted by Crippen LogP contribution is 2.23. The first-order valence-electron chi connectivity index (χ1n) is 8.42. The minimum Gasteiger partial charge on any atom is -0.507 e. The SMILES string of the molecule is O=C(Nc1ccc(C(=O)NCC2CCCO2)c(O)c1)c1cc(F)cc(F)c1. The number of hydrogen-bond donors (Lipinski definition) is 3. The average molecular weight is 376 g/mol. The number of halogens is 2. The second kappa shape index (κ2) is 8.13. The number of amides is 2. The topological polar surface area (TPSA) is 87.7 Å². The number of phenolic OH excluding ortho intramolecular Hbond substituents is 1. The van der Waals surface area contributed by atoms with Crippen LogP contribution in [0.5, 0.6) is 5.75 Å². The van der Waals surface area contributed by atoms with Gasteiger partial charge in [-0.25, -0.2) is 8.78 Å². The Bertz CT molecular complexity index is 847. The first kappa shape index (κ1) is 18.8. The van der Waals surface area contributed by atoms with Gasteiger partial charge in [-0.2, -0.15) is 0 Å². The molecule has 3 N–H and O–H groups in total. The molecule has 2 aromatic rings. The van der Waals surface area contributed by atoms with Gasteiger partial charge in [0, 0.05) is 36.5 Å². The van der Waals surface area contributed by atoms with E-state index in [9.17, 15) is 23.5 Å². The van der Waals surface area contributed by atoms with Gasteiger partial charge in [0.05, 0.1) is 11.7 Å². The highest BCUT2D eigenvalue weighted by atomic mass is 19.1. The van der Waals surface area contributed by atoms with E-state index in [0.29, 0.717) is 19.2 Å². The van der Waals surface area contributed by atoms with Crippen LogP contribution >= 0.6 is 0 Å². The van der Waals surface area contributed by atoms with Crippen LogP contribution in [-0.2, 0) is 4.74 Å². The summed E-state index contributed by atoms with van der Waals surface area (Å²) < 4.78 is 31.8. The lowest BCUT2D eigenvalue weighted by atomic mass is 10.1. The van der Waals surface area contributed by atoms with Crippen LogP contribution in [-0.4, -0.2) is 36.2 Å². The number of ether oxygens (including phenoxy) is 1. The van der Waals surface area contributed by atoms with Crippen molar-refractivity contribution < 1.29 is 28.2 Å². The smallest absolute Gasteiger partial charge is 0.255 e. The fourth-order valence-corrected chi connectivity index (χ4v) is 2.80. The summed E-state index contributed by atoms with van der Waals surface area (Å²) in [6, 6.07) is 6.40. The van der Waals surface area contributed by atoms with Crippen LogP contribution in [0, 0.1) is 11.6 Å². The Hall–Kier alpha value is -3.00. The molecule has 1 unspecified atom stereocenters. The third kappa shape index (κ3) is 4.79. The molecule has 2 amide bonds. The monoisotopic (exact) mass is 376 g/mol. The summed E-state index contributed by atoms with van der Waals surface area (Å²) in [5.74, 6) is -3.29. The molecule has 1 fully saturated rings. The normalized spacial score (nSPS) is 16.1. The average Bonchev–Trinajstić information content (AvgIpc) is 3.12. The predicted molar refractivity (Wildman–Crippen MR) is 93.7 cm³/mol. The van der Waals surface area contributed by atoms with Gasteiger partial charge in [-0.3, -0.25) is 9.59 Å². The van der Waals surface area contributed by atoms with Gasteiger partial charge in [-0.1, -0.05) is 0 Å². The Morgan fingerprint density at radius 2 is 1.85 bits per heavy atom. The standard InChI is InChI=1S/C19H18F2N2O4/c20-12-6-11(7-13(21)8-12)18(25)23-14-3-4-16(17(24)9-14)19(26)22-10-15-2-1-5-27-15/h3-4,6-9,15,24H,1-2,5,10H2,(H,22,26)(H,23,25). The molecule has 0 aliphatic carbocycles. The summed E-state index contributed by atoms with van der Waals surface area (Å²) in [6.07, 6.45) is 1.80. The van der Waals surface area contributed by atoms with E-state index in [2.05, 4.69) is 10.6 Å². The summed E-state index contributed by atoms with van der Waals surface area (Å²) in [4.78, 5) is 24.2. The molecule has 3 rings (SSSR count). The van der Waals surface area contributed by atoms with Gasteiger partial charge < -0.3 is 20.5 Å². The molecule has 0 radical (unpaired) electrons. The van der Waals surface area contributed by atoms with E-state index < -0.39 is 23.4 Å². The van der Waals surface area contributed by atoms with E-state index in [1.165, 1.54) is 18.2 Å². The third-order valence-electron chi connectivity index (χ3n) is 4.14. The third-order valence-corrected chi connectivity index (χ3v) is 4.14. The van der Waals surface area contributed by atoms with E-state index in [4.69, 9.17) is 4.74 Å². The fraction of sp³-hybridized carbons (Fsp3) is 0.263. The molecule has 1 heterocycles. The van der Waals surface area contributed by atoms with Gasteiger partial charge >= 0.3 is 0 Å². The number of aromatic hydroxyl groups is 1. The quantitative estimate of drug-likeness (QED) is 0.749. The zero-order valence-corrected chi connectivity index (χ0v) is 14.3. The summed E-state index contributed by atoms with van der Waals surface area (Å²) >= 11 is 0. The van der Waals surface area contributed by atoms with Crippen LogP contribution in [0.2, 0.25) is 0 Å². The Morgan fingerprint density at radius 3 is 2.48 bits per heavy atom. The van der Waals surface area contributed by atoms with Crippen molar-refractivity contribution in [2.24, 2.45) is 0 Å². The van der Waals surface area contributed by atoms with E-state index in [1.807, 2.05) is 0 Å². The van der Waals surface area contributed by atoms with Gasteiger partial charge in [-0.05, 0) is 37.1 Å².